The van der Waals surface area contributed by atoms with Crippen LogP contribution in [0, 0.1) is 0 Å². The van der Waals surface area contributed by atoms with E-state index in [1.54, 1.807) is 37.4 Å². The van der Waals surface area contributed by atoms with Crippen LogP contribution in [-0.4, -0.2) is 23.2 Å². The number of anilines is 1. The van der Waals surface area contributed by atoms with Crippen LogP contribution in [0.25, 0.3) is 11.5 Å². The number of methoxy groups -OCH3 is 1. The van der Waals surface area contributed by atoms with E-state index < -0.39 is 0 Å². The van der Waals surface area contributed by atoms with Gasteiger partial charge in [-0.15, -0.1) is 5.10 Å². The van der Waals surface area contributed by atoms with Gasteiger partial charge < -0.3 is 9.15 Å². The molecule has 0 spiro atoms. The second-order valence-electron chi connectivity index (χ2n) is 4.58. The molecule has 1 heterocycles. The maximum atomic E-state index is 12.2. The second-order valence-corrected chi connectivity index (χ2v) is 5.49. The van der Waals surface area contributed by atoms with Crippen LogP contribution in [0.2, 0.25) is 0 Å². The summed E-state index contributed by atoms with van der Waals surface area (Å²) in [7, 11) is 1.56. The zero-order valence-electron chi connectivity index (χ0n) is 12.1. The fraction of sp³-hybridized carbons (Fsp3) is 0.0625. The fourth-order valence-corrected chi connectivity index (χ4v) is 2.40. The second kappa shape index (κ2) is 6.62. The molecule has 6 nitrogen and oxygen atoms in total. The number of carbonyl (C=O) groups excluding carboxylic acids is 1. The molecule has 3 rings (SSSR count). The number of rotatable bonds is 4. The lowest BCUT2D eigenvalue weighted by molar-refractivity contribution is 0.102. The molecule has 1 N–H and O–H groups in total. The van der Waals surface area contributed by atoms with Gasteiger partial charge in [-0.2, -0.15) is 0 Å². The van der Waals surface area contributed by atoms with Crippen molar-refractivity contribution in [3.05, 3.63) is 58.6 Å². The van der Waals surface area contributed by atoms with E-state index in [0.29, 0.717) is 16.9 Å². The molecule has 0 aliphatic rings. The molecule has 2 aromatic carbocycles. The topological polar surface area (TPSA) is 77.3 Å². The van der Waals surface area contributed by atoms with Gasteiger partial charge in [-0.05, 0) is 30.3 Å². The molecule has 0 unspecified atom stereocenters. The molecule has 116 valence electrons. The molecule has 23 heavy (non-hydrogen) atoms. The maximum Gasteiger partial charge on any atom is 0.322 e. The van der Waals surface area contributed by atoms with E-state index in [4.69, 9.17) is 9.15 Å². The molecule has 3 aromatic rings. The van der Waals surface area contributed by atoms with Crippen molar-refractivity contribution >= 4 is 27.9 Å². The van der Waals surface area contributed by atoms with Gasteiger partial charge in [-0.25, -0.2) is 0 Å². The summed E-state index contributed by atoms with van der Waals surface area (Å²) in [6.45, 7) is 0. The van der Waals surface area contributed by atoms with Gasteiger partial charge in [0.2, 0.25) is 0 Å². The molecule has 0 aliphatic carbocycles. The van der Waals surface area contributed by atoms with Gasteiger partial charge in [0.1, 0.15) is 5.75 Å². The summed E-state index contributed by atoms with van der Waals surface area (Å²) in [4.78, 5) is 12.2. The number of halogens is 1. The summed E-state index contributed by atoms with van der Waals surface area (Å²) < 4.78 is 11.6. The minimum absolute atomic E-state index is 0.0240. The van der Waals surface area contributed by atoms with Gasteiger partial charge in [-0.3, -0.25) is 10.1 Å². The predicted octanol–water partition coefficient (Wildman–Crippen LogP) is 3.76. The van der Waals surface area contributed by atoms with Crippen molar-refractivity contribution in [1.82, 2.24) is 10.2 Å². The highest BCUT2D eigenvalue weighted by Gasteiger charge is 2.15. The molecule has 0 aliphatic heterocycles. The third-order valence-corrected chi connectivity index (χ3v) is 3.56. The quantitative estimate of drug-likeness (QED) is 0.753. The lowest BCUT2D eigenvalue weighted by Crippen LogP contribution is -2.11. The van der Waals surface area contributed by atoms with Crippen LogP contribution in [0.3, 0.4) is 0 Å². The number of nitrogens with one attached hydrogen (secondary N) is 1. The van der Waals surface area contributed by atoms with Crippen LogP contribution in [-0.2, 0) is 0 Å². The largest absolute Gasteiger partial charge is 0.496 e. The number of para-hydroxylation sites is 1. The van der Waals surface area contributed by atoms with Gasteiger partial charge in [0, 0.05) is 10.0 Å². The summed E-state index contributed by atoms with van der Waals surface area (Å²) in [5.74, 6) is 0.550. The van der Waals surface area contributed by atoms with Crippen molar-refractivity contribution in [3.8, 4) is 17.2 Å². The average Bonchev–Trinajstić information content (AvgIpc) is 3.03. The van der Waals surface area contributed by atoms with Crippen molar-refractivity contribution in [2.75, 3.05) is 12.4 Å². The lowest BCUT2D eigenvalue weighted by atomic mass is 10.2. The highest BCUT2D eigenvalue weighted by molar-refractivity contribution is 9.10. The number of aromatic nitrogens is 2. The maximum absolute atomic E-state index is 12.2. The van der Waals surface area contributed by atoms with E-state index in [9.17, 15) is 4.79 Å². The summed E-state index contributed by atoms with van der Waals surface area (Å²) >= 11 is 3.32. The molecule has 1 aromatic heterocycles. The van der Waals surface area contributed by atoms with E-state index in [-0.39, 0.29) is 17.8 Å². The Morgan fingerprint density at radius 2 is 2.00 bits per heavy atom. The Kier molecular flexibility index (Phi) is 4.38. The van der Waals surface area contributed by atoms with Crippen LogP contribution in [0.1, 0.15) is 10.4 Å². The Morgan fingerprint density at radius 3 is 2.78 bits per heavy atom. The van der Waals surface area contributed by atoms with E-state index in [1.165, 1.54) is 0 Å². The van der Waals surface area contributed by atoms with Crippen LogP contribution < -0.4 is 10.1 Å². The number of hydrogen-bond donors (Lipinski definition) is 1. The summed E-state index contributed by atoms with van der Waals surface area (Å²) in [6, 6.07) is 14.3. The van der Waals surface area contributed by atoms with Crippen molar-refractivity contribution in [2.24, 2.45) is 0 Å². The minimum Gasteiger partial charge on any atom is -0.496 e. The summed E-state index contributed by atoms with van der Waals surface area (Å²) in [5.41, 5.74) is 1.14. The molecule has 1 amide bonds. The number of carbonyl (C=O) groups is 1. The Balaban J connectivity index is 1.81. The van der Waals surface area contributed by atoms with Gasteiger partial charge in [0.05, 0.1) is 12.7 Å². The first-order chi connectivity index (χ1) is 11.2. The summed E-state index contributed by atoms with van der Waals surface area (Å²) in [5, 5.41) is 10.4. The van der Waals surface area contributed by atoms with Crippen LogP contribution in [0.5, 0.6) is 5.75 Å². The van der Waals surface area contributed by atoms with Crippen LogP contribution in [0.15, 0.2) is 57.4 Å². The van der Waals surface area contributed by atoms with Crippen molar-refractivity contribution in [3.63, 3.8) is 0 Å². The lowest BCUT2D eigenvalue weighted by Gasteiger charge is -2.03. The van der Waals surface area contributed by atoms with Crippen molar-refractivity contribution in [2.45, 2.75) is 0 Å². The molecular weight excluding hydrogens is 362 g/mol. The smallest absolute Gasteiger partial charge is 0.322 e. The first-order valence-corrected chi connectivity index (χ1v) is 7.50. The van der Waals surface area contributed by atoms with Crippen LogP contribution in [0.4, 0.5) is 6.01 Å². The molecule has 7 heteroatoms. The zero-order chi connectivity index (χ0) is 16.2. The number of benzene rings is 2. The van der Waals surface area contributed by atoms with E-state index in [2.05, 4.69) is 31.4 Å². The number of nitrogens with zero attached hydrogens (tertiary/aromatic N) is 2. The highest BCUT2D eigenvalue weighted by Crippen LogP contribution is 2.29. The SMILES string of the molecule is COc1ccccc1-c1nnc(NC(=O)c2cccc(Br)c2)o1. The molecular formula is C16H12BrN3O3. The Labute approximate surface area is 140 Å². The van der Waals surface area contributed by atoms with E-state index in [1.807, 2.05) is 18.2 Å². The Morgan fingerprint density at radius 1 is 1.17 bits per heavy atom. The van der Waals surface area contributed by atoms with Crippen molar-refractivity contribution < 1.29 is 13.9 Å². The molecule has 0 radical (unpaired) electrons. The third-order valence-electron chi connectivity index (χ3n) is 3.07. The molecule has 0 saturated carbocycles. The molecule has 0 fully saturated rings. The van der Waals surface area contributed by atoms with Gasteiger partial charge in [0.25, 0.3) is 11.8 Å². The predicted molar refractivity (Wildman–Crippen MR) is 88.4 cm³/mol. The first-order valence-electron chi connectivity index (χ1n) is 6.71. The van der Waals surface area contributed by atoms with Gasteiger partial charge >= 0.3 is 6.01 Å². The molecule has 0 atom stereocenters. The Hall–Kier alpha value is -2.67. The molecule has 0 bridgehead atoms. The zero-order valence-corrected chi connectivity index (χ0v) is 13.7. The normalized spacial score (nSPS) is 10.3. The average molecular weight is 374 g/mol. The van der Waals surface area contributed by atoms with Crippen molar-refractivity contribution in [1.29, 1.82) is 0 Å². The highest BCUT2D eigenvalue weighted by atomic mass is 79.9. The van der Waals surface area contributed by atoms with Gasteiger partial charge in [-0.1, -0.05) is 39.2 Å². The Bertz CT molecular complexity index is 848. The summed E-state index contributed by atoms with van der Waals surface area (Å²) in [6.07, 6.45) is 0. The number of hydrogen-bond acceptors (Lipinski definition) is 5. The number of ether oxygens (including phenoxy) is 1. The monoisotopic (exact) mass is 373 g/mol. The van der Waals surface area contributed by atoms with E-state index >= 15 is 0 Å². The standard InChI is InChI=1S/C16H12BrN3O3/c1-22-13-8-3-2-7-12(13)15-19-20-16(23-15)18-14(21)10-5-4-6-11(17)9-10/h2-9H,1H3,(H,18,20,21). The first kappa shape index (κ1) is 15.2. The molecule has 0 saturated heterocycles. The van der Waals surface area contributed by atoms with Gasteiger partial charge in [0.15, 0.2) is 0 Å². The van der Waals surface area contributed by atoms with E-state index in [0.717, 1.165) is 4.47 Å². The van der Waals surface area contributed by atoms with Crippen LogP contribution >= 0.6 is 15.9 Å². The number of amides is 1. The third kappa shape index (κ3) is 3.40. The fourth-order valence-electron chi connectivity index (χ4n) is 2.00. The minimum atomic E-state index is -0.332.